The molecule has 1 saturated heterocycles. The minimum absolute atomic E-state index is 0.276. The molecule has 1 atom stereocenters. The highest BCUT2D eigenvalue weighted by Crippen LogP contribution is 2.42. The van der Waals surface area contributed by atoms with Gasteiger partial charge in [-0.1, -0.05) is 5.16 Å². The summed E-state index contributed by atoms with van der Waals surface area (Å²) in [5.41, 5.74) is -0.391. The summed E-state index contributed by atoms with van der Waals surface area (Å²) < 4.78 is 44.9. The molecule has 2 heterocycles. The molecule has 1 unspecified atom stereocenters. The Hall–Kier alpha value is -2.51. The third-order valence-corrected chi connectivity index (χ3v) is 4.52. The largest absolute Gasteiger partial charge is 0.363 e. The second kappa shape index (κ2) is 5.85. The van der Waals surface area contributed by atoms with Crippen molar-refractivity contribution in [2.75, 3.05) is 11.9 Å². The highest BCUT2D eigenvalue weighted by Gasteiger charge is 2.45. The van der Waals surface area contributed by atoms with Gasteiger partial charge in [-0.25, -0.2) is 18.0 Å². The summed E-state index contributed by atoms with van der Waals surface area (Å²) in [5.74, 6) is -4.00. The van der Waals surface area contributed by atoms with E-state index in [0.29, 0.717) is 18.5 Å². The van der Waals surface area contributed by atoms with Gasteiger partial charge in [0.25, 0.3) is 0 Å². The molecule has 24 heavy (non-hydrogen) atoms. The summed E-state index contributed by atoms with van der Waals surface area (Å²) in [5, 5.41) is 6.21. The highest BCUT2D eigenvalue weighted by molar-refractivity contribution is 5.89. The van der Waals surface area contributed by atoms with Gasteiger partial charge in [0.1, 0.15) is 6.26 Å². The lowest BCUT2D eigenvalue weighted by Gasteiger charge is -2.36. The Morgan fingerprint density at radius 2 is 2.00 bits per heavy atom. The molecule has 0 saturated carbocycles. The van der Waals surface area contributed by atoms with E-state index in [1.165, 1.54) is 12.3 Å². The van der Waals surface area contributed by atoms with E-state index in [2.05, 4.69) is 15.0 Å². The fraction of sp³-hybridized carbons (Fsp3) is 0.375. The van der Waals surface area contributed by atoms with Crippen molar-refractivity contribution in [3.63, 3.8) is 0 Å². The number of urea groups is 1. The quantitative estimate of drug-likeness (QED) is 0.845. The van der Waals surface area contributed by atoms with Gasteiger partial charge in [-0.3, -0.25) is 5.32 Å². The standard InChI is InChI=1S/C16H16F3N3O2/c1-16(2)10(9-7-11(17)14(19)12(18)8-9)3-5-22(16)15(23)20-13-4-6-24-21-13/h4,6-8,10H,3,5H2,1-2H3,(H,20,21,23). The molecule has 5 nitrogen and oxygen atoms in total. The van der Waals surface area contributed by atoms with Crippen LogP contribution < -0.4 is 5.32 Å². The average Bonchev–Trinajstić information content (AvgIpc) is 3.11. The maximum absolute atomic E-state index is 13.5. The van der Waals surface area contributed by atoms with Gasteiger partial charge in [-0.05, 0) is 38.0 Å². The Kier molecular flexibility index (Phi) is 3.98. The van der Waals surface area contributed by atoms with Crippen LogP contribution >= 0.6 is 0 Å². The Balaban J connectivity index is 1.84. The minimum Gasteiger partial charge on any atom is -0.363 e. The molecule has 2 amide bonds. The Labute approximate surface area is 136 Å². The summed E-state index contributed by atoms with van der Waals surface area (Å²) in [4.78, 5) is 14.0. The van der Waals surface area contributed by atoms with E-state index in [4.69, 9.17) is 0 Å². The van der Waals surface area contributed by atoms with Crippen LogP contribution in [-0.2, 0) is 0 Å². The first-order chi connectivity index (χ1) is 11.3. The minimum atomic E-state index is -1.49. The Morgan fingerprint density at radius 1 is 1.33 bits per heavy atom. The van der Waals surface area contributed by atoms with Crippen LogP contribution in [-0.4, -0.2) is 28.2 Å². The number of nitrogens with one attached hydrogen (secondary N) is 1. The number of likely N-dealkylation sites (tertiary alicyclic amines) is 1. The molecule has 8 heteroatoms. The first-order valence-electron chi connectivity index (χ1n) is 7.44. The van der Waals surface area contributed by atoms with Crippen LogP contribution in [0.3, 0.4) is 0 Å². The zero-order chi connectivity index (χ0) is 17.5. The SMILES string of the molecule is CC1(C)C(c2cc(F)c(F)c(F)c2)CCN1C(=O)Nc1ccon1. The predicted molar refractivity (Wildman–Crippen MR) is 80.0 cm³/mol. The summed E-state index contributed by atoms with van der Waals surface area (Å²) >= 11 is 0. The van der Waals surface area contributed by atoms with Crippen molar-refractivity contribution >= 4 is 11.8 Å². The molecule has 0 bridgehead atoms. The molecule has 2 aromatic rings. The van der Waals surface area contributed by atoms with Crippen molar-refractivity contribution in [2.45, 2.75) is 31.7 Å². The van der Waals surface area contributed by atoms with Crippen molar-refractivity contribution in [3.05, 3.63) is 47.5 Å². The van der Waals surface area contributed by atoms with Crippen LogP contribution in [0.2, 0.25) is 0 Å². The fourth-order valence-corrected chi connectivity index (χ4v) is 3.26. The topological polar surface area (TPSA) is 58.4 Å². The molecule has 1 aromatic carbocycles. The van der Waals surface area contributed by atoms with E-state index in [0.717, 1.165) is 12.1 Å². The Bertz CT molecular complexity index is 739. The van der Waals surface area contributed by atoms with E-state index < -0.39 is 23.0 Å². The summed E-state index contributed by atoms with van der Waals surface area (Å²) in [6.07, 6.45) is 1.83. The van der Waals surface area contributed by atoms with Crippen molar-refractivity contribution in [1.82, 2.24) is 10.1 Å². The second-order valence-corrected chi connectivity index (χ2v) is 6.26. The van der Waals surface area contributed by atoms with Crippen molar-refractivity contribution < 1.29 is 22.5 Å². The van der Waals surface area contributed by atoms with E-state index in [-0.39, 0.29) is 17.8 Å². The number of benzene rings is 1. The number of hydrogen-bond donors (Lipinski definition) is 1. The molecule has 1 aliphatic rings. The molecular formula is C16H16F3N3O2. The number of nitrogens with zero attached hydrogens (tertiary/aromatic N) is 2. The highest BCUT2D eigenvalue weighted by atomic mass is 19.2. The molecule has 1 N–H and O–H groups in total. The smallest absolute Gasteiger partial charge is 0.323 e. The van der Waals surface area contributed by atoms with Gasteiger partial charge >= 0.3 is 6.03 Å². The third kappa shape index (κ3) is 2.72. The number of rotatable bonds is 2. The van der Waals surface area contributed by atoms with E-state index in [1.807, 2.05) is 0 Å². The monoisotopic (exact) mass is 339 g/mol. The van der Waals surface area contributed by atoms with Gasteiger partial charge in [0.15, 0.2) is 23.3 Å². The average molecular weight is 339 g/mol. The second-order valence-electron chi connectivity index (χ2n) is 6.26. The molecule has 128 valence electrons. The molecular weight excluding hydrogens is 323 g/mol. The lowest BCUT2D eigenvalue weighted by Crippen LogP contribution is -2.47. The summed E-state index contributed by atoms with van der Waals surface area (Å²) in [6, 6.07) is 3.09. The summed E-state index contributed by atoms with van der Waals surface area (Å²) in [7, 11) is 0. The van der Waals surface area contributed by atoms with Gasteiger partial charge in [-0.15, -0.1) is 0 Å². The van der Waals surface area contributed by atoms with Crippen molar-refractivity contribution in [1.29, 1.82) is 0 Å². The Morgan fingerprint density at radius 3 is 2.58 bits per heavy atom. The van der Waals surface area contributed by atoms with Gasteiger partial charge < -0.3 is 9.42 Å². The van der Waals surface area contributed by atoms with Crippen LogP contribution in [0.4, 0.5) is 23.8 Å². The first kappa shape index (κ1) is 16.4. The van der Waals surface area contributed by atoms with Gasteiger partial charge in [0, 0.05) is 24.1 Å². The molecule has 1 aliphatic heterocycles. The number of halogens is 3. The molecule has 1 fully saturated rings. The number of amides is 2. The van der Waals surface area contributed by atoms with Crippen molar-refractivity contribution in [2.24, 2.45) is 0 Å². The van der Waals surface area contributed by atoms with Crippen LogP contribution in [0.1, 0.15) is 31.7 Å². The zero-order valence-corrected chi connectivity index (χ0v) is 13.1. The van der Waals surface area contributed by atoms with E-state index in [1.54, 1.807) is 18.7 Å². The normalized spacial score (nSPS) is 19.5. The van der Waals surface area contributed by atoms with Crippen LogP contribution in [0.5, 0.6) is 0 Å². The number of carbonyl (C=O) groups excluding carboxylic acids is 1. The molecule has 3 rings (SSSR count). The summed E-state index contributed by atoms with van der Waals surface area (Å²) in [6.45, 7) is 3.99. The fourth-order valence-electron chi connectivity index (χ4n) is 3.26. The molecule has 1 aromatic heterocycles. The number of carbonyl (C=O) groups is 1. The first-order valence-corrected chi connectivity index (χ1v) is 7.44. The predicted octanol–water partition coefficient (Wildman–Crippen LogP) is 3.89. The van der Waals surface area contributed by atoms with E-state index >= 15 is 0 Å². The van der Waals surface area contributed by atoms with Crippen molar-refractivity contribution in [3.8, 4) is 0 Å². The maximum atomic E-state index is 13.5. The van der Waals surface area contributed by atoms with Gasteiger partial charge in [0.2, 0.25) is 0 Å². The van der Waals surface area contributed by atoms with Crippen LogP contribution in [0.25, 0.3) is 0 Å². The van der Waals surface area contributed by atoms with E-state index in [9.17, 15) is 18.0 Å². The van der Waals surface area contributed by atoms with Gasteiger partial charge in [0.05, 0.1) is 0 Å². The number of aromatic nitrogens is 1. The van der Waals surface area contributed by atoms with Crippen LogP contribution in [0, 0.1) is 17.5 Å². The van der Waals surface area contributed by atoms with Gasteiger partial charge in [-0.2, -0.15) is 0 Å². The number of anilines is 1. The lowest BCUT2D eigenvalue weighted by atomic mass is 9.82. The molecule has 0 radical (unpaired) electrons. The lowest BCUT2D eigenvalue weighted by molar-refractivity contribution is 0.171. The third-order valence-electron chi connectivity index (χ3n) is 4.52. The zero-order valence-electron chi connectivity index (χ0n) is 13.1. The molecule has 0 spiro atoms. The molecule has 0 aliphatic carbocycles. The van der Waals surface area contributed by atoms with Crippen LogP contribution in [0.15, 0.2) is 29.0 Å². The maximum Gasteiger partial charge on any atom is 0.323 e. The number of hydrogen-bond acceptors (Lipinski definition) is 3.